The second-order valence-corrected chi connectivity index (χ2v) is 8.50. The maximum Gasteiger partial charge on any atom is 0.240 e. The molecule has 0 unspecified atom stereocenters. The molecule has 0 radical (unpaired) electrons. The van der Waals surface area contributed by atoms with E-state index < -0.39 is 23.0 Å². The molecule has 2 amide bonds. The van der Waals surface area contributed by atoms with Gasteiger partial charge >= 0.3 is 0 Å². The van der Waals surface area contributed by atoms with Crippen molar-refractivity contribution in [2.24, 2.45) is 5.41 Å². The van der Waals surface area contributed by atoms with E-state index in [4.69, 9.17) is 14.2 Å². The third kappa shape index (κ3) is 4.73. The van der Waals surface area contributed by atoms with E-state index in [2.05, 4.69) is 20.6 Å². The molecule has 1 aliphatic carbocycles. The van der Waals surface area contributed by atoms with Gasteiger partial charge in [-0.15, -0.1) is 0 Å². The summed E-state index contributed by atoms with van der Waals surface area (Å²) >= 11 is 0. The van der Waals surface area contributed by atoms with Crippen LogP contribution < -0.4 is 24.8 Å². The van der Waals surface area contributed by atoms with Gasteiger partial charge in [-0.1, -0.05) is 12.1 Å². The lowest BCUT2D eigenvalue weighted by molar-refractivity contribution is -0.131. The number of aromatic nitrogens is 2. The van der Waals surface area contributed by atoms with Crippen molar-refractivity contribution in [1.29, 1.82) is 0 Å². The van der Waals surface area contributed by atoms with Gasteiger partial charge in [0.15, 0.2) is 17.2 Å². The molecule has 1 heterocycles. The van der Waals surface area contributed by atoms with E-state index in [1.165, 1.54) is 44.8 Å². The van der Waals surface area contributed by atoms with Crippen LogP contribution in [-0.4, -0.2) is 36.0 Å². The molecule has 3 aromatic carbocycles. The first-order valence-corrected chi connectivity index (χ1v) is 11.5. The number of benzene rings is 3. The Bertz CT molecular complexity index is 1490. The van der Waals surface area contributed by atoms with Crippen molar-refractivity contribution >= 4 is 34.1 Å². The summed E-state index contributed by atoms with van der Waals surface area (Å²) in [6.45, 7) is 0. The van der Waals surface area contributed by atoms with E-state index in [0.29, 0.717) is 52.4 Å². The van der Waals surface area contributed by atoms with Crippen molar-refractivity contribution < 1.29 is 28.2 Å². The van der Waals surface area contributed by atoms with Gasteiger partial charge in [0, 0.05) is 11.8 Å². The van der Waals surface area contributed by atoms with Crippen molar-refractivity contribution in [3.8, 4) is 23.1 Å². The first-order valence-electron chi connectivity index (χ1n) is 11.5. The monoisotopic (exact) mass is 502 g/mol. The zero-order valence-electron chi connectivity index (χ0n) is 20.1. The number of anilines is 2. The minimum atomic E-state index is -1.22. The fourth-order valence-corrected chi connectivity index (χ4v) is 3.91. The number of hydrogen-bond donors (Lipinski definition) is 2. The molecule has 0 spiro atoms. The normalized spacial score (nSPS) is 13.5. The number of fused-ring (bicyclic) bond motifs is 1. The van der Waals surface area contributed by atoms with Gasteiger partial charge in [0.05, 0.1) is 30.8 Å². The topological polar surface area (TPSA) is 112 Å². The van der Waals surface area contributed by atoms with E-state index >= 15 is 0 Å². The average Bonchev–Trinajstić information content (AvgIpc) is 3.73. The predicted octanol–water partition coefficient (Wildman–Crippen LogP) is 4.94. The number of halogens is 1. The lowest BCUT2D eigenvalue weighted by atomic mass is 10.0. The molecular formula is C27H23FN4O5. The van der Waals surface area contributed by atoms with Crippen LogP contribution in [0.5, 0.6) is 23.1 Å². The highest BCUT2D eigenvalue weighted by molar-refractivity contribution is 6.17. The number of carbonyl (C=O) groups excluding carboxylic acids is 2. The standard InChI is InChI=1S/C27H23FN4O5/c1-35-22-13-18-20(14-23(22)36-2)29-15-30-24(18)37-21-6-4-3-5-19(21)32-26(34)27(11-12-27)25(33)31-17-9-7-16(28)8-10-17/h3-10,13-15H,11-12H2,1-2H3,(H,31,33)(H,32,34). The molecule has 0 saturated heterocycles. The van der Waals surface area contributed by atoms with Gasteiger partial charge in [-0.2, -0.15) is 0 Å². The summed E-state index contributed by atoms with van der Waals surface area (Å²) in [7, 11) is 3.06. The van der Waals surface area contributed by atoms with E-state index in [1.54, 1.807) is 36.4 Å². The highest BCUT2D eigenvalue weighted by Gasteiger charge is 2.56. The SMILES string of the molecule is COc1cc2ncnc(Oc3ccccc3NC(=O)C3(C(=O)Nc4ccc(F)cc4)CC3)c2cc1OC. The lowest BCUT2D eigenvalue weighted by Gasteiger charge is -2.17. The average molecular weight is 503 g/mol. The first kappa shape index (κ1) is 24.0. The van der Waals surface area contributed by atoms with Crippen LogP contribution in [0.15, 0.2) is 67.0 Å². The summed E-state index contributed by atoms with van der Waals surface area (Å²) in [6, 6.07) is 15.7. The van der Waals surface area contributed by atoms with Crippen LogP contribution in [0.1, 0.15) is 12.8 Å². The minimum absolute atomic E-state index is 0.253. The maximum atomic E-state index is 13.2. The van der Waals surface area contributed by atoms with Crippen molar-refractivity contribution in [2.45, 2.75) is 12.8 Å². The third-order valence-electron chi connectivity index (χ3n) is 6.17. The van der Waals surface area contributed by atoms with Crippen molar-refractivity contribution in [2.75, 3.05) is 24.9 Å². The van der Waals surface area contributed by atoms with Gasteiger partial charge in [0.2, 0.25) is 17.7 Å². The number of nitrogens with one attached hydrogen (secondary N) is 2. The molecule has 0 aliphatic heterocycles. The van der Waals surface area contributed by atoms with Crippen molar-refractivity contribution in [3.05, 3.63) is 72.8 Å². The van der Waals surface area contributed by atoms with Crippen LogP contribution in [0.25, 0.3) is 10.9 Å². The van der Waals surface area contributed by atoms with Gasteiger partial charge < -0.3 is 24.8 Å². The molecule has 1 aliphatic rings. The summed E-state index contributed by atoms with van der Waals surface area (Å²) in [6.07, 6.45) is 2.16. The van der Waals surface area contributed by atoms with Crippen LogP contribution in [0.2, 0.25) is 0 Å². The molecule has 0 atom stereocenters. The summed E-state index contributed by atoms with van der Waals surface area (Å²) in [5.41, 5.74) is 0.156. The highest BCUT2D eigenvalue weighted by atomic mass is 19.1. The van der Waals surface area contributed by atoms with Crippen molar-refractivity contribution in [3.63, 3.8) is 0 Å². The first-order chi connectivity index (χ1) is 17.9. The fraction of sp³-hybridized carbons (Fsp3) is 0.185. The summed E-state index contributed by atoms with van der Waals surface area (Å²) in [5.74, 6) is 0.269. The molecule has 1 fully saturated rings. The van der Waals surface area contributed by atoms with Gasteiger partial charge in [0.25, 0.3) is 0 Å². The number of nitrogens with zero attached hydrogens (tertiary/aromatic N) is 2. The number of ether oxygens (including phenoxy) is 3. The minimum Gasteiger partial charge on any atom is -0.493 e. The fourth-order valence-electron chi connectivity index (χ4n) is 3.91. The zero-order chi connectivity index (χ0) is 26.0. The molecule has 1 saturated carbocycles. The Labute approximate surface area is 211 Å². The number of para-hydroxylation sites is 2. The van der Waals surface area contributed by atoms with Crippen LogP contribution in [-0.2, 0) is 9.59 Å². The third-order valence-corrected chi connectivity index (χ3v) is 6.17. The van der Waals surface area contributed by atoms with E-state index in [1.807, 2.05) is 0 Å². The number of amides is 2. The smallest absolute Gasteiger partial charge is 0.240 e. The Morgan fingerprint density at radius 1 is 0.865 bits per heavy atom. The van der Waals surface area contributed by atoms with Crippen LogP contribution in [0.3, 0.4) is 0 Å². The quantitative estimate of drug-likeness (QED) is 0.329. The summed E-state index contributed by atoms with van der Waals surface area (Å²) in [4.78, 5) is 34.7. The van der Waals surface area contributed by atoms with Gasteiger partial charge in [-0.3, -0.25) is 9.59 Å². The van der Waals surface area contributed by atoms with Crippen LogP contribution in [0.4, 0.5) is 15.8 Å². The molecule has 4 aromatic rings. The van der Waals surface area contributed by atoms with Gasteiger partial charge in [-0.05, 0) is 55.3 Å². The van der Waals surface area contributed by atoms with Gasteiger partial charge in [-0.25, -0.2) is 14.4 Å². The Morgan fingerprint density at radius 2 is 1.54 bits per heavy atom. The Balaban J connectivity index is 1.38. The molecule has 5 rings (SSSR count). The Morgan fingerprint density at radius 3 is 2.24 bits per heavy atom. The largest absolute Gasteiger partial charge is 0.493 e. The summed E-state index contributed by atoms with van der Waals surface area (Å²) < 4.78 is 30.0. The predicted molar refractivity (Wildman–Crippen MR) is 134 cm³/mol. The number of carbonyl (C=O) groups is 2. The Hall–Kier alpha value is -4.73. The second kappa shape index (κ2) is 9.73. The number of hydrogen-bond acceptors (Lipinski definition) is 7. The highest BCUT2D eigenvalue weighted by Crippen LogP contribution is 2.48. The molecule has 1 aromatic heterocycles. The molecule has 0 bridgehead atoms. The zero-order valence-corrected chi connectivity index (χ0v) is 20.1. The Kier molecular flexibility index (Phi) is 6.31. The number of methoxy groups -OCH3 is 2. The molecule has 10 heteroatoms. The molecule has 37 heavy (non-hydrogen) atoms. The van der Waals surface area contributed by atoms with E-state index in [9.17, 15) is 14.0 Å². The van der Waals surface area contributed by atoms with Crippen LogP contribution >= 0.6 is 0 Å². The second-order valence-electron chi connectivity index (χ2n) is 8.50. The number of rotatable bonds is 8. The summed E-state index contributed by atoms with van der Waals surface area (Å²) in [5, 5.41) is 6.10. The molecule has 188 valence electrons. The van der Waals surface area contributed by atoms with Gasteiger partial charge in [0.1, 0.15) is 17.6 Å². The van der Waals surface area contributed by atoms with E-state index in [-0.39, 0.29) is 5.88 Å². The van der Waals surface area contributed by atoms with Crippen molar-refractivity contribution in [1.82, 2.24) is 9.97 Å². The molecule has 9 nitrogen and oxygen atoms in total. The lowest BCUT2D eigenvalue weighted by Crippen LogP contribution is -2.35. The molecular weight excluding hydrogens is 479 g/mol. The van der Waals surface area contributed by atoms with E-state index in [0.717, 1.165) is 0 Å². The van der Waals surface area contributed by atoms with Crippen LogP contribution in [0, 0.1) is 11.2 Å². The molecule has 2 N–H and O–H groups in total. The maximum absolute atomic E-state index is 13.2.